The normalized spacial score (nSPS) is 18.4. The Kier molecular flexibility index (Phi) is 5.86. The van der Waals surface area contributed by atoms with Crippen molar-refractivity contribution in [2.75, 3.05) is 33.2 Å². The van der Waals surface area contributed by atoms with Gasteiger partial charge in [-0.2, -0.15) is 10.2 Å². The van der Waals surface area contributed by atoms with Crippen LogP contribution >= 0.6 is 0 Å². The highest BCUT2D eigenvalue weighted by Crippen LogP contribution is 2.15. The smallest absolute Gasteiger partial charge is 0.151 e. The van der Waals surface area contributed by atoms with Crippen LogP contribution in [0.15, 0.2) is 12.4 Å². The van der Waals surface area contributed by atoms with Crippen molar-refractivity contribution in [1.29, 1.82) is 0 Å². The highest BCUT2D eigenvalue weighted by atomic mass is 15.4. The van der Waals surface area contributed by atoms with E-state index in [2.05, 4.69) is 35.8 Å². The van der Waals surface area contributed by atoms with Crippen LogP contribution in [0.5, 0.6) is 0 Å². The summed E-state index contributed by atoms with van der Waals surface area (Å²) in [4.78, 5) is 9.78. The minimum atomic E-state index is 0.601. The molecule has 0 N–H and O–H groups in total. The van der Waals surface area contributed by atoms with Crippen LogP contribution in [0.3, 0.4) is 0 Å². The van der Waals surface area contributed by atoms with Gasteiger partial charge in [0.25, 0.3) is 0 Å². The van der Waals surface area contributed by atoms with Crippen molar-refractivity contribution in [3.05, 3.63) is 24.0 Å². The van der Waals surface area contributed by atoms with E-state index in [1.165, 1.54) is 13.0 Å². The van der Waals surface area contributed by atoms with Crippen LogP contribution in [0.2, 0.25) is 0 Å². The standard InChI is InChI=1S/C18H31N7/c1-5-15(2)11-17-20-18(14-24-8-6-7-22(3)9-10-24)25(21-17)16-12-19-23(4)13-16/h12-13,15H,5-11,14H2,1-4H3. The van der Waals surface area contributed by atoms with Gasteiger partial charge in [-0.3, -0.25) is 9.58 Å². The summed E-state index contributed by atoms with van der Waals surface area (Å²) < 4.78 is 3.80. The lowest BCUT2D eigenvalue weighted by molar-refractivity contribution is 0.261. The topological polar surface area (TPSA) is 55.0 Å². The largest absolute Gasteiger partial charge is 0.305 e. The summed E-state index contributed by atoms with van der Waals surface area (Å²) in [7, 11) is 4.14. The van der Waals surface area contributed by atoms with Crippen molar-refractivity contribution in [1.82, 2.24) is 34.3 Å². The van der Waals surface area contributed by atoms with Gasteiger partial charge in [-0.1, -0.05) is 20.3 Å². The van der Waals surface area contributed by atoms with Crippen LogP contribution in [0.25, 0.3) is 5.69 Å². The molecule has 0 bridgehead atoms. The van der Waals surface area contributed by atoms with Crippen molar-refractivity contribution in [3.8, 4) is 5.69 Å². The van der Waals surface area contributed by atoms with Crippen LogP contribution in [0.1, 0.15) is 38.3 Å². The van der Waals surface area contributed by atoms with Crippen molar-refractivity contribution in [3.63, 3.8) is 0 Å². The minimum absolute atomic E-state index is 0.601. The van der Waals surface area contributed by atoms with E-state index in [1.807, 2.05) is 28.8 Å². The Morgan fingerprint density at radius 1 is 1.16 bits per heavy atom. The molecule has 1 fully saturated rings. The highest BCUT2D eigenvalue weighted by molar-refractivity contribution is 5.25. The first-order chi connectivity index (χ1) is 12.0. The number of rotatable bonds is 6. The second-order valence-electron chi connectivity index (χ2n) is 7.38. The highest BCUT2D eigenvalue weighted by Gasteiger charge is 2.19. The minimum Gasteiger partial charge on any atom is -0.305 e. The summed E-state index contributed by atoms with van der Waals surface area (Å²) >= 11 is 0. The first-order valence-electron chi connectivity index (χ1n) is 9.40. The molecule has 1 aliphatic heterocycles. The molecule has 7 nitrogen and oxygen atoms in total. The van der Waals surface area contributed by atoms with Crippen LogP contribution in [0.4, 0.5) is 0 Å². The van der Waals surface area contributed by atoms with Gasteiger partial charge in [0.2, 0.25) is 0 Å². The molecule has 138 valence electrons. The molecule has 3 rings (SSSR count). The average molecular weight is 345 g/mol. The van der Waals surface area contributed by atoms with E-state index < -0.39 is 0 Å². The first-order valence-corrected chi connectivity index (χ1v) is 9.40. The lowest BCUT2D eigenvalue weighted by Crippen LogP contribution is -2.29. The number of nitrogens with zero attached hydrogens (tertiary/aromatic N) is 7. The van der Waals surface area contributed by atoms with Crippen LogP contribution in [-0.2, 0) is 20.0 Å². The number of hydrogen-bond acceptors (Lipinski definition) is 5. The van der Waals surface area contributed by atoms with Gasteiger partial charge in [-0.15, -0.1) is 0 Å². The summed E-state index contributed by atoms with van der Waals surface area (Å²) in [6, 6.07) is 0. The summed E-state index contributed by atoms with van der Waals surface area (Å²) in [5, 5.41) is 9.10. The molecule has 0 aromatic carbocycles. The van der Waals surface area contributed by atoms with E-state index in [-0.39, 0.29) is 0 Å². The molecule has 1 aliphatic rings. The molecule has 1 saturated heterocycles. The van der Waals surface area contributed by atoms with E-state index in [1.54, 1.807) is 0 Å². The zero-order valence-corrected chi connectivity index (χ0v) is 16.0. The molecule has 25 heavy (non-hydrogen) atoms. The van der Waals surface area contributed by atoms with Crippen molar-refractivity contribution in [2.45, 2.75) is 39.7 Å². The van der Waals surface area contributed by atoms with E-state index >= 15 is 0 Å². The molecule has 2 aromatic rings. The third-order valence-corrected chi connectivity index (χ3v) is 5.06. The van der Waals surface area contributed by atoms with Gasteiger partial charge < -0.3 is 4.90 Å². The van der Waals surface area contributed by atoms with Gasteiger partial charge in [0.1, 0.15) is 11.5 Å². The van der Waals surface area contributed by atoms with Gasteiger partial charge >= 0.3 is 0 Å². The maximum absolute atomic E-state index is 4.89. The van der Waals surface area contributed by atoms with Crippen LogP contribution < -0.4 is 0 Å². The predicted octanol–water partition coefficient (Wildman–Crippen LogP) is 1.73. The number of aromatic nitrogens is 5. The molecule has 0 aliphatic carbocycles. The maximum atomic E-state index is 4.89. The number of aryl methyl sites for hydroxylation is 1. The summed E-state index contributed by atoms with van der Waals surface area (Å²) in [5.74, 6) is 2.57. The molecule has 1 atom stereocenters. The fourth-order valence-corrected chi connectivity index (χ4v) is 3.22. The van der Waals surface area contributed by atoms with Gasteiger partial charge in [-0.05, 0) is 32.5 Å². The zero-order chi connectivity index (χ0) is 17.8. The lowest BCUT2D eigenvalue weighted by atomic mass is 10.1. The molecular formula is C18H31N7. The Morgan fingerprint density at radius 3 is 2.72 bits per heavy atom. The summed E-state index contributed by atoms with van der Waals surface area (Å²) in [6.45, 7) is 9.80. The molecular weight excluding hydrogens is 314 g/mol. The lowest BCUT2D eigenvalue weighted by Gasteiger charge is -2.19. The second-order valence-corrected chi connectivity index (χ2v) is 7.38. The Labute approximate surface area is 150 Å². The van der Waals surface area contributed by atoms with Crippen LogP contribution in [0, 0.1) is 5.92 Å². The van der Waals surface area contributed by atoms with Crippen molar-refractivity contribution < 1.29 is 0 Å². The van der Waals surface area contributed by atoms with E-state index in [4.69, 9.17) is 10.1 Å². The molecule has 0 spiro atoms. The fourth-order valence-electron chi connectivity index (χ4n) is 3.22. The van der Waals surface area contributed by atoms with Crippen molar-refractivity contribution in [2.24, 2.45) is 13.0 Å². The fraction of sp³-hybridized carbons (Fsp3) is 0.722. The zero-order valence-electron chi connectivity index (χ0n) is 16.0. The third-order valence-electron chi connectivity index (χ3n) is 5.06. The molecule has 7 heteroatoms. The van der Waals surface area contributed by atoms with Gasteiger partial charge in [0.15, 0.2) is 5.82 Å². The maximum Gasteiger partial charge on any atom is 0.151 e. The first kappa shape index (κ1) is 18.1. The molecule has 2 aromatic heterocycles. The average Bonchev–Trinajstić information content (AvgIpc) is 3.12. The number of hydrogen-bond donors (Lipinski definition) is 0. The Balaban J connectivity index is 1.82. The molecule has 0 saturated carbocycles. The van der Waals surface area contributed by atoms with Gasteiger partial charge in [-0.25, -0.2) is 9.67 Å². The Hall–Kier alpha value is -1.73. The molecule has 1 unspecified atom stereocenters. The SMILES string of the molecule is CCC(C)Cc1nc(CN2CCCN(C)CC2)n(-c2cnn(C)c2)n1. The Morgan fingerprint density at radius 2 is 2.00 bits per heavy atom. The van der Waals surface area contributed by atoms with Gasteiger partial charge in [0.05, 0.1) is 18.9 Å². The van der Waals surface area contributed by atoms with Gasteiger partial charge in [0, 0.05) is 26.6 Å². The Bertz CT molecular complexity index is 675. The monoisotopic (exact) mass is 345 g/mol. The summed E-state index contributed by atoms with van der Waals surface area (Å²) in [6.07, 6.45) is 7.15. The van der Waals surface area contributed by atoms with E-state index in [9.17, 15) is 0 Å². The molecule has 3 heterocycles. The summed E-state index contributed by atoms with van der Waals surface area (Å²) in [5.41, 5.74) is 0.993. The second kappa shape index (κ2) is 8.10. The molecule has 0 amide bonds. The predicted molar refractivity (Wildman–Crippen MR) is 98.7 cm³/mol. The number of likely N-dealkylation sites (N-methyl/N-ethyl adjacent to an activating group) is 1. The van der Waals surface area contributed by atoms with E-state index in [0.29, 0.717) is 5.92 Å². The van der Waals surface area contributed by atoms with E-state index in [0.717, 1.165) is 56.4 Å². The third kappa shape index (κ3) is 4.67. The molecule has 0 radical (unpaired) electrons. The van der Waals surface area contributed by atoms with Crippen LogP contribution in [-0.4, -0.2) is 67.6 Å². The quantitative estimate of drug-likeness (QED) is 0.798. The van der Waals surface area contributed by atoms with Crippen molar-refractivity contribution >= 4 is 0 Å².